The summed E-state index contributed by atoms with van der Waals surface area (Å²) >= 11 is 0. The van der Waals surface area contributed by atoms with Crippen LogP contribution in [0.15, 0.2) is 42.5 Å². The molecule has 0 radical (unpaired) electrons. The molecular formula is C25H29N3O4. The van der Waals surface area contributed by atoms with Gasteiger partial charge in [0.2, 0.25) is 0 Å². The van der Waals surface area contributed by atoms with Gasteiger partial charge in [0.15, 0.2) is 0 Å². The number of fused-ring (bicyclic) bond motifs is 1. The summed E-state index contributed by atoms with van der Waals surface area (Å²) in [5, 5.41) is 27.2. The number of aromatic nitrogens is 2. The molecule has 0 bridgehead atoms. The number of benzene rings is 2. The van der Waals surface area contributed by atoms with E-state index in [4.69, 9.17) is 4.74 Å². The van der Waals surface area contributed by atoms with Crippen LogP contribution in [0.1, 0.15) is 59.4 Å². The third kappa shape index (κ3) is 4.08. The molecule has 7 nitrogen and oxygen atoms in total. The summed E-state index contributed by atoms with van der Waals surface area (Å²) in [4.78, 5) is 15.0. The lowest BCUT2D eigenvalue weighted by atomic mass is 9.95. The van der Waals surface area contributed by atoms with E-state index >= 15 is 0 Å². The standard InChI is InChI=1S/C25H29N3O4/c1-3-4-13-32-18-8-5-7-17(15-18)24-21-22(19-14-16(2)9-10-20(19)30)26-27-23(21)25(31)28(24)11-6-12-29/h5,7-10,14-15,24,29-30H,3-4,6,11-13H2,1-2H3,(H,26,27)/t24-/m0/s1. The molecule has 1 aromatic heterocycles. The van der Waals surface area contributed by atoms with Crippen LogP contribution in [0.5, 0.6) is 11.5 Å². The third-order valence-electron chi connectivity index (χ3n) is 5.77. The smallest absolute Gasteiger partial charge is 0.273 e. The number of aromatic amines is 1. The monoisotopic (exact) mass is 435 g/mol. The van der Waals surface area contributed by atoms with Crippen LogP contribution in [0, 0.1) is 6.92 Å². The minimum Gasteiger partial charge on any atom is -0.507 e. The van der Waals surface area contributed by atoms with Gasteiger partial charge >= 0.3 is 0 Å². The number of hydrogen-bond donors (Lipinski definition) is 3. The number of nitrogens with zero attached hydrogens (tertiary/aromatic N) is 2. The number of unbranched alkanes of at least 4 members (excludes halogenated alkanes) is 1. The fourth-order valence-corrected chi connectivity index (χ4v) is 4.17. The zero-order valence-corrected chi connectivity index (χ0v) is 18.5. The average molecular weight is 436 g/mol. The van der Waals surface area contributed by atoms with Gasteiger partial charge in [0.1, 0.15) is 22.9 Å². The van der Waals surface area contributed by atoms with E-state index in [-0.39, 0.29) is 18.3 Å². The number of phenols is 1. The quantitative estimate of drug-likeness (QED) is 0.438. The highest BCUT2D eigenvalue weighted by Gasteiger charge is 2.42. The van der Waals surface area contributed by atoms with Crippen LogP contribution in [0.4, 0.5) is 0 Å². The summed E-state index contributed by atoms with van der Waals surface area (Å²) in [7, 11) is 0. The number of H-pyrrole nitrogens is 1. The number of carbonyl (C=O) groups is 1. The van der Waals surface area contributed by atoms with Gasteiger partial charge in [-0.3, -0.25) is 9.89 Å². The molecule has 1 aliphatic heterocycles. The topological polar surface area (TPSA) is 98.7 Å². The molecular weight excluding hydrogens is 406 g/mol. The van der Waals surface area contributed by atoms with Crippen LogP contribution in [0.3, 0.4) is 0 Å². The molecule has 0 aliphatic carbocycles. The SMILES string of the molecule is CCCCOc1cccc([C@H]2c3c(-c4cc(C)ccc4O)n[nH]c3C(=O)N2CCCO)c1. The summed E-state index contributed by atoms with van der Waals surface area (Å²) in [5.41, 5.74) is 4.18. The number of hydrogen-bond acceptors (Lipinski definition) is 5. The maximum atomic E-state index is 13.3. The molecule has 0 spiro atoms. The maximum Gasteiger partial charge on any atom is 0.273 e. The minimum absolute atomic E-state index is 0.00558. The van der Waals surface area contributed by atoms with E-state index in [2.05, 4.69) is 17.1 Å². The Balaban J connectivity index is 1.81. The predicted octanol–water partition coefficient (Wildman–Crippen LogP) is 4.20. The Morgan fingerprint density at radius 2 is 2.03 bits per heavy atom. The molecule has 32 heavy (non-hydrogen) atoms. The highest BCUT2D eigenvalue weighted by molar-refractivity contribution is 6.00. The normalized spacial score (nSPS) is 15.3. The van der Waals surface area contributed by atoms with E-state index in [1.54, 1.807) is 11.0 Å². The van der Waals surface area contributed by atoms with E-state index < -0.39 is 6.04 Å². The molecule has 1 amide bonds. The van der Waals surface area contributed by atoms with Crippen molar-refractivity contribution in [2.24, 2.45) is 0 Å². The van der Waals surface area contributed by atoms with E-state index in [0.29, 0.717) is 36.5 Å². The number of aryl methyl sites for hydroxylation is 1. The van der Waals surface area contributed by atoms with E-state index in [9.17, 15) is 15.0 Å². The molecule has 4 rings (SSSR count). The van der Waals surface area contributed by atoms with Crippen LogP contribution in [-0.2, 0) is 0 Å². The maximum absolute atomic E-state index is 13.3. The molecule has 0 fully saturated rings. The number of nitrogens with one attached hydrogen (secondary N) is 1. The van der Waals surface area contributed by atoms with Gasteiger partial charge in [0.05, 0.1) is 12.6 Å². The Hall–Kier alpha value is -3.32. The highest BCUT2D eigenvalue weighted by atomic mass is 16.5. The molecule has 0 saturated carbocycles. The summed E-state index contributed by atoms with van der Waals surface area (Å²) in [6.45, 7) is 5.10. The van der Waals surface area contributed by atoms with Crippen LogP contribution in [0.2, 0.25) is 0 Å². The predicted molar refractivity (Wildman–Crippen MR) is 122 cm³/mol. The summed E-state index contributed by atoms with van der Waals surface area (Å²) in [5.74, 6) is 0.700. The van der Waals surface area contributed by atoms with Gasteiger partial charge in [-0.05, 0) is 49.6 Å². The molecule has 1 atom stereocenters. The van der Waals surface area contributed by atoms with Crippen molar-refractivity contribution < 1.29 is 19.7 Å². The lowest BCUT2D eigenvalue weighted by Crippen LogP contribution is -2.31. The lowest BCUT2D eigenvalue weighted by Gasteiger charge is -2.26. The van der Waals surface area contributed by atoms with Gasteiger partial charge in [0.25, 0.3) is 5.91 Å². The van der Waals surface area contributed by atoms with Crippen molar-refractivity contribution in [3.8, 4) is 22.8 Å². The molecule has 2 aromatic carbocycles. The summed E-state index contributed by atoms with van der Waals surface area (Å²) in [6.07, 6.45) is 2.49. The van der Waals surface area contributed by atoms with Crippen molar-refractivity contribution in [1.82, 2.24) is 15.1 Å². The second-order valence-electron chi connectivity index (χ2n) is 8.13. The van der Waals surface area contributed by atoms with Crippen molar-refractivity contribution in [3.63, 3.8) is 0 Å². The minimum atomic E-state index is -0.396. The van der Waals surface area contributed by atoms with Crippen LogP contribution in [0.25, 0.3) is 11.3 Å². The van der Waals surface area contributed by atoms with Gasteiger partial charge in [-0.15, -0.1) is 0 Å². The Labute approximate surface area is 187 Å². The first-order chi connectivity index (χ1) is 15.5. The van der Waals surface area contributed by atoms with Crippen molar-refractivity contribution >= 4 is 5.91 Å². The molecule has 3 N–H and O–H groups in total. The van der Waals surface area contributed by atoms with E-state index in [0.717, 1.165) is 35.3 Å². The second-order valence-corrected chi connectivity index (χ2v) is 8.13. The van der Waals surface area contributed by atoms with Crippen LogP contribution < -0.4 is 4.74 Å². The van der Waals surface area contributed by atoms with E-state index in [1.807, 2.05) is 43.3 Å². The van der Waals surface area contributed by atoms with Crippen LogP contribution in [-0.4, -0.2) is 51.0 Å². The van der Waals surface area contributed by atoms with Gasteiger partial charge in [-0.1, -0.05) is 37.1 Å². The lowest BCUT2D eigenvalue weighted by molar-refractivity contribution is 0.0732. The fraction of sp³-hybridized carbons (Fsp3) is 0.360. The molecule has 168 valence electrons. The van der Waals surface area contributed by atoms with Crippen molar-refractivity contribution in [2.75, 3.05) is 19.8 Å². The molecule has 0 saturated heterocycles. The molecule has 2 heterocycles. The largest absolute Gasteiger partial charge is 0.507 e. The van der Waals surface area contributed by atoms with Gasteiger partial charge in [-0.25, -0.2) is 0 Å². The number of phenolic OH excluding ortho intramolecular Hbond substituents is 1. The van der Waals surface area contributed by atoms with Gasteiger partial charge in [-0.2, -0.15) is 5.10 Å². The second kappa shape index (κ2) is 9.44. The first-order valence-corrected chi connectivity index (χ1v) is 11.1. The Kier molecular flexibility index (Phi) is 6.46. The molecule has 3 aromatic rings. The van der Waals surface area contributed by atoms with Crippen molar-refractivity contribution in [2.45, 2.75) is 39.2 Å². The first-order valence-electron chi connectivity index (χ1n) is 11.1. The van der Waals surface area contributed by atoms with E-state index in [1.165, 1.54) is 0 Å². The average Bonchev–Trinajstić information content (AvgIpc) is 3.33. The van der Waals surface area contributed by atoms with Crippen molar-refractivity contribution in [1.29, 1.82) is 0 Å². The molecule has 0 unspecified atom stereocenters. The van der Waals surface area contributed by atoms with Gasteiger partial charge < -0.3 is 19.8 Å². The van der Waals surface area contributed by atoms with Crippen LogP contribution >= 0.6 is 0 Å². The number of rotatable bonds is 9. The number of ether oxygens (including phenoxy) is 1. The number of amides is 1. The van der Waals surface area contributed by atoms with Crippen molar-refractivity contribution in [3.05, 3.63) is 64.8 Å². The number of aliphatic hydroxyl groups is 1. The zero-order valence-electron chi connectivity index (χ0n) is 18.5. The summed E-state index contributed by atoms with van der Waals surface area (Å²) in [6, 6.07) is 12.7. The first kappa shape index (κ1) is 21.9. The molecule has 7 heteroatoms. The summed E-state index contributed by atoms with van der Waals surface area (Å²) < 4.78 is 5.90. The fourth-order valence-electron chi connectivity index (χ4n) is 4.17. The highest BCUT2D eigenvalue weighted by Crippen LogP contribution is 2.45. The Morgan fingerprint density at radius 1 is 1.19 bits per heavy atom. The number of aromatic hydroxyl groups is 1. The number of carbonyl (C=O) groups excluding carboxylic acids is 1. The van der Waals surface area contributed by atoms with Gasteiger partial charge in [0, 0.05) is 24.3 Å². The molecule has 1 aliphatic rings. The zero-order chi connectivity index (χ0) is 22.7. The Morgan fingerprint density at radius 3 is 2.81 bits per heavy atom. The number of aliphatic hydroxyl groups excluding tert-OH is 1. The Bertz CT molecular complexity index is 1110. The third-order valence-corrected chi connectivity index (χ3v) is 5.77.